The minimum atomic E-state index is 0.0469. The number of hydrogen-bond donors (Lipinski definition) is 0. The number of hydrogen-bond acceptors (Lipinski definition) is 4. The number of ketones is 2. The van der Waals surface area contributed by atoms with Crippen LogP contribution in [0, 0.1) is 0 Å². The van der Waals surface area contributed by atoms with E-state index in [0.29, 0.717) is 48.7 Å². The van der Waals surface area contributed by atoms with Crippen LogP contribution in [0.25, 0.3) is 0 Å². The Morgan fingerprint density at radius 3 is 1.69 bits per heavy atom. The Morgan fingerprint density at radius 1 is 0.812 bits per heavy atom. The highest BCUT2D eigenvalue weighted by Gasteiger charge is 2.26. The molecule has 3 rings (SSSR count). The molecule has 1 aromatic rings. The molecule has 16 heavy (non-hydrogen) atoms. The predicted molar refractivity (Wildman–Crippen MR) is 55.3 cm³/mol. The van der Waals surface area contributed by atoms with Gasteiger partial charge >= 0.3 is 0 Å². The van der Waals surface area contributed by atoms with Gasteiger partial charge in [0.2, 0.25) is 0 Å². The van der Waals surface area contributed by atoms with E-state index in [2.05, 4.69) is 0 Å². The lowest BCUT2D eigenvalue weighted by Crippen LogP contribution is -2.20. The SMILES string of the molecule is O=C1CCOc2cc3c(cc21)OCCC3=O. The summed E-state index contributed by atoms with van der Waals surface area (Å²) in [7, 11) is 0. The summed E-state index contributed by atoms with van der Waals surface area (Å²) in [6.07, 6.45) is 0.777. The van der Waals surface area contributed by atoms with Gasteiger partial charge in [-0.25, -0.2) is 0 Å². The highest BCUT2D eigenvalue weighted by molar-refractivity contribution is 6.05. The quantitative estimate of drug-likeness (QED) is 0.664. The molecule has 1 aromatic carbocycles. The van der Waals surface area contributed by atoms with Crippen LogP contribution in [0.2, 0.25) is 0 Å². The fraction of sp³-hybridized carbons (Fsp3) is 0.333. The molecule has 2 aliphatic rings. The normalized spacial score (nSPS) is 18.2. The zero-order valence-corrected chi connectivity index (χ0v) is 8.62. The molecule has 0 saturated heterocycles. The minimum absolute atomic E-state index is 0.0469. The lowest BCUT2D eigenvalue weighted by atomic mass is 9.98. The van der Waals surface area contributed by atoms with Crippen LogP contribution in [-0.2, 0) is 0 Å². The maximum atomic E-state index is 11.6. The highest BCUT2D eigenvalue weighted by Crippen LogP contribution is 2.34. The lowest BCUT2D eigenvalue weighted by molar-refractivity contribution is 0.0909. The van der Waals surface area contributed by atoms with Crippen molar-refractivity contribution in [3.05, 3.63) is 23.3 Å². The number of carbonyl (C=O) groups is 2. The van der Waals surface area contributed by atoms with Crippen molar-refractivity contribution in [2.24, 2.45) is 0 Å². The Balaban J connectivity index is 2.17. The third kappa shape index (κ3) is 1.30. The van der Waals surface area contributed by atoms with E-state index < -0.39 is 0 Å². The molecule has 0 amide bonds. The third-order valence-corrected chi connectivity index (χ3v) is 2.86. The number of carbonyl (C=O) groups excluding carboxylic acids is 2. The van der Waals surface area contributed by atoms with Gasteiger partial charge < -0.3 is 9.47 Å². The first kappa shape index (κ1) is 9.39. The summed E-state index contributed by atoms with van der Waals surface area (Å²) in [5, 5.41) is 0. The zero-order chi connectivity index (χ0) is 11.1. The van der Waals surface area contributed by atoms with Crippen molar-refractivity contribution < 1.29 is 19.1 Å². The molecule has 82 valence electrons. The molecule has 0 aliphatic carbocycles. The molecule has 0 saturated carbocycles. The minimum Gasteiger partial charge on any atom is -0.492 e. The van der Waals surface area contributed by atoms with Crippen LogP contribution in [0.5, 0.6) is 11.5 Å². The molecular formula is C12H10O4. The van der Waals surface area contributed by atoms with Crippen LogP contribution >= 0.6 is 0 Å². The topological polar surface area (TPSA) is 52.6 Å². The van der Waals surface area contributed by atoms with Gasteiger partial charge in [0.25, 0.3) is 0 Å². The van der Waals surface area contributed by atoms with E-state index in [9.17, 15) is 9.59 Å². The standard InChI is InChI=1S/C12H10O4/c13-9-1-3-15-11-6-8-10(14)2-4-16-12(8)5-7(9)11/h5-6H,1-4H2. The average Bonchev–Trinajstić information content (AvgIpc) is 2.29. The Kier molecular flexibility index (Phi) is 1.96. The van der Waals surface area contributed by atoms with Crippen molar-refractivity contribution >= 4 is 11.6 Å². The number of Topliss-reactive ketones (excluding diaryl/α,β-unsaturated/α-hetero) is 2. The van der Waals surface area contributed by atoms with E-state index in [1.165, 1.54) is 0 Å². The third-order valence-electron chi connectivity index (χ3n) is 2.86. The first-order valence-corrected chi connectivity index (χ1v) is 5.26. The molecule has 0 spiro atoms. The van der Waals surface area contributed by atoms with Crippen molar-refractivity contribution in [1.82, 2.24) is 0 Å². The second-order valence-electron chi connectivity index (χ2n) is 3.89. The molecule has 0 aromatic heterocycles. The Hall–Kier alpha value is -1.84. The number of ether oxygens (including phenoxy) is 2. The smallest absolute Gasteiger partial charge is 0.170 e. The van der Waals surface area contributed by atoms with E-state index in [-0.39, 0.29) is 11.6 Å². The molecule has 0 unspecified atom stereocenters. The van der Waals surface area contributed by atoms with Crippen molar-refractivity contribution in [3.63, 3.8) is 0 Å². The second kappa shape index (κ2) is 3.33. The van der Waals surface area contributed by atoms with E-state index >= 15 is 0 Å². The van der Waals surface area contributed by atoms with Gasteiger partial charge in [-0.2, -0.15) is 0 Å². The largest absolute Gasteiger partial charge is 0.492 e. The fourth-order valence-corrected chi connectivity index (χ4v) is 2.01. The molecule has 4 nitrogen and oxygen atoms in total. The summed E-state index contributed by atoms with van der Waals surface area (Å²) in [5.41, 5.74) is 1.06. The molecule has 0 N–H and O–H groups in total. The van der Waals surface area contributed by atoms with Gasteiger partial charge in [-0.3, -0.25) is 9.59 Å². The number of benzene rings is 1. The molecule has 0 bridgehead atoms. The van der Waals surface area contributed by atoms with Crippen molar-refractivity contribution in [2.75, 3.05) is 13.2 Å². The molecule has 0 radical (unpaired) electrons. The van der Waals surface area contributed by atoms with Gasteiger partial charge in [0, 0.05) is 12.8 Å². The van der Waals surface area contributed by atoms with E-state index in [0.717, 1.165) is 0 Å². The van der Waals surface area contributed by atoms with Gasteiger partial charge in [-0.15, -0.1) is 0 Å². The van der Waals surface area contributed by atoms with Gasteiger partial charge in [0.05, 0.1) is 24.3 Å². The summed E-state index contributed by atoms with van der Waals surface area (Å²) in [4.78, 5) is 23.3. The molecule has 0 atom stereocenters. The Labute approximate surface area is 92.2 Å². The van der Waals surface area contributed by atoms with Crippen LogP contribution in [0.4, 0.5) is 0 Å². The fourth-order valence-electron chi connectivity index (χ4n) is 2.01. The van der Waals surface area contributed by atoms with Crippen molar-refractivity contribution in [2.45, 2.75) is 12.8 Å². The summed E-state index contributed by atoms with van der Waals surface area (Å²) in [6, 6.07) is 3.26. The average molecular weight is 218 g/mol. The monoisotopic (exact) mass is 218 g/mol. The van der Waals surface area contributed by atoms with Crippen molar-refractivity contribution in [1.29, 1.82) is 0 Å². The molecule has 4 heteroatoms. The van der Waals surface area contributed by atoms with E-state index in [1.54, 1.807) is 12.1 Å². The predicted octanol–water partition coefficient (Wildman–Crippen LogP) is 1.62. The first-order chi connectivity index (χ1) is 7.75. The molecule has 2 heterocycles. The zero-order valence-electron chi connectivity index (χ0n) is 8.62. The maximum absolute atomic E-state index is 11.6. The lowest BCUT2D eigenvalue weighted by Gasteiger charge is -2.21. The molecule has 2 aliphatic heterocycles. The van der Waals surface area contributed by atoms with Gasteiger partial charge in [-0.05, 0) is 12.1 Å². The van der Waals surface area contributed by atoms with Crippen LogP contribution in [0.1, 0.15) is 33.6 Å². The van der Waals surface area contributed by atoms with Gasteiger partial charge in [0.1, 0.15) is 11.5 Å². The van der Waals surface area contributed by atoms with Gasteiger partial charge in [-0.1, -0.05) is 0 Å². The number of rotatable bonds is 0. The van der Waals surface area contributed by atoms with Gasteiger partial charge in [0.15, 0.2) is 11.6 Å². The number of fused-ring (bicyclic) bond motifs is 2. The second-order valence-corrected chi connectivity index (χ2v) is 3.89. The summed E-state index contributed by atoms with van der Waals surface area (Å²) in [5.74, 6) is 1.11. The highest BCUT2D eigenvalue weighted by atomic mass is 16.5. The van der Waals surface area contributed by atoms with Crippen LogP contribution in [-0.4, -0.2) is 24.8 Å². The van der Waals surface area contributed by atoms with E-state index in [4.69, 9.17) is 9.47 Å². The summed E-state index contributed by atoms with van der Waals surface area (Å²) >= 11 is 0. The first-order valence-electron chi connectivity index (χ1n) is 5.26. The molecular weight excluding hydrogens is 208 g/mol. The van der Waals surface area contributed by atoms with Crippen LogP contribution in [0.3, 0.4) is 0 Å². The Morgan fingerprint density at radius 2 is 1.25 bits per heavy atom. The summed E-state index contributed by atoms with van der Waals surface area (Å²) < 4.78 is 10.8. The van der Waals surface area contributed by atoms with Crippen molar-refractivity contribution in [3.8, 4) is 11.5 Å². The van der Waals surface area contributed by atoms with E-state index in [1.807, 2.05) is 0 Å². The molecule has 0 fully saturated rings. The maximum Gasteiger partial charge on any atom is 0.170 e. The summed E-state index contributed by atoms with van der Waals surface area (Å²) in [6.45, 7) is 0.777. The van der Waals surface area contributed by atoms with Crippen LogP contribution in [0.15, 0.2) is 12.1 Å². The Bertz CT molecular complexity index is 444. The van der Waals surface area contributed by atoms with Crippen LogP contribution < -0.4 is 9.47 Å².